The lowest BCUT2D eigenvalue weighted by atomic mass is 9.95. The largest absolute Gasteiger partial charge is 0.396 e. The van der Waals surface area contributed by atoms with Gasteiger partial charge in [0.2, 0.25) is 0 Å². The van der Waals surface area contributed by atoms with Crippen molar-refractivity contribution >= 4 is 0 Å². The van der Waals surface area contributed by atoms with Gasteiger partial charge in [-0.25, -0.2) is 0 Å². The van der Waals surface area contributed by atoms with Crippen molar-refractivity contribution in [2.24, 2.45) is 5.73 Å². The number of hydrogen-bond acceptors (Lipinski definition) is 2. The molecule has 1 rings (SSSR count). The number of aliphatic hydroxyl groups is 1. The van der Waals surface area contributed by atoms with Crippen LogP contribution in [0.5, 0.6) is 0 Å². The Kier molecular flexibility index (Phi) is 4.50. The van der Waals surface area contributed by atoms with E-state index in [-0.39, 0.29) is 6.61 Å². The van der Waals surface area contributed by atoms with Gasteiger partial charge >= 0.3 is 0 Å². The van der Waals surface area contributed by atoms with E-state index >= 15 is 0 Å². The molecule has 0 amide bonds. The number of aliphatic hydroxyl groups excluding tert-OH is 1. The molecule has 0 saturated carbocycles. The molecule has 2 heteroatoms. The summed E-state index contributed by atoms with van der Waals surface area (Å²) in [5.74, 6) is 0.397. The zero-order chi connectivity index (χ0) is 9.52. The molecule has 0 aliphatic rings. The summed E-state index contributed by atoms with van der Waals surface area (Å²) in [6.07, 6.45) is 1.80. The van der Waals surface area contributed by atoms with Crippen LogP contribution in [0, 0.1) is 0 Å². The van der Waals surface area contributed by atoms with Crippen molar-refractivity contribution in [3.05, 3.63) is 35.9 Å². The Labute approximate surface area is 79.4 Å². The minimum atomic E-state index is 0.253. The standard InChI is InChI=1S/C11H17NO/c12-9-11(7-4-8-13)10-5-2-1-3-6-10/h1-3,5-6,11,13H,4,7-9,12H2. The van der Waals surface area contributed by atoms with Crippen LogP contribution in [0.2, 0.25) is 0 Å². The smallest absolute Gasteiger partial charge is 0.0431 e. The summed E-state index contributed by atoms with van der Waals surface area (Å²) < 4.78 is 0. The highest BCUT2D eigenvalue weighted by atomic mass is 16.2. The zero-order valence-electron chi connectivity index (χ0n) is 7.82. The molecule has 1 unspecified atom stereocenters. The highest BCUT2D eigenvalue weighted by Gasteiger charge is 2.07. The van der Waals surface area contributed by atoms with Gasteiger partial charge in [0.25, 0.3) is 0 Å². The van der Waals surface area contributed by atoms with Crippen molar-refractivity contribution in [2.45, 2.75) is 18.8 Å². The maximum absolute atomic E-state index is 8.72. The third kappa shape index (κ3) is 3.17. The van der Waals surface area contributed by atoms with Gasteiger partial charge in [-0.15, -0.1) is 0 Å². The van der Waals surface area contributed by atoms with E-state index in [9.17, 15) is 0 Å². The van der Waals surface area contributed by atoms with Gasteiger partial charge in [-0.05, 0) is 30.9 Å². The molecule has 3 N–H and O–H groups in total. The van der Waals surface area contributed by atoms with Gasteiger partial charge < -0.3 is 10.8 Å². The molecule has 72 valence electrons. The normalized spacial score (nSPS) is 12.8. The maximum atomic E-state index is 8.72. The zero-order valence-corrected chi connectivity index (χ0v) is 7.82. The topological polar surface area (TPSA) is 46.2 Å². The van der Waals surface area contributed by atoms with Crippen LogP contribution in [0.25, 0.3) is 0 Å². The molecule has 13 heavy (non-hydrogen) atoms. The first kappa shape index (κ1) is 10.2. The van der Waals surface area contributed by atoms with Crippen molar-refractivity contribution in [1.29, 1.82) is 0 Å². The molecule has 0 fully saturated rings. The van der Waals surface area contributed by atoms with Gasteiger partial charge in [-0.2, -0.15) is 0 Å². The van der Waals surface area contributed by atoms with Crippen molar-refractivity contribution < 1.29 is 5.11 Å². The first-order valence-corrected chi connectivity index (χ1v) is 4.74. The van der Waals surface area contributed by atoms with E-state index in [1.165, 1.54) is 5.56 Å². The van der Waals surface area contributed by atoms with Crippen LogP contribution in [0.15, 0.2) is 30.3 Å². The Balaban J connectivity index is 2.56. The Morgan fingerprint density at radius 1 is 1.23 bits per heavy atom. The summed E-state index contributed by atoms with van der Waals surface area (Å²) in [5, 5.41) is 8.72. The second-order valence-corrected chi connectivity index (χ2v) is 3.21. The van der Waals surface area contributed by atoms with Crippen molar-refractivity contribution in [3.63, 3.8) is 0 Å². The molecule has 1 aromatic carbocycles. The average molecular weight is 179 g/mol. The van der Waals surface area contributed by atoms with Gasteiger partial charge in [0, 0.05) is 6.61 Å². The third-order valence-corrected chi connectivity index (χ3v) is 2.27. The highest BCUT2D eigenvalue weighted by molar-refractivity contribution is 5.19. The summed E-state index contributed by atoms with van der Waals surface area (Å²) in [5.41, 5.74) is 6.94. The maximum Gasteiger partial charge on any atom is 0.0431 e. The first-order chi connectivity index (χ1) is 6.38. The van der Waals surface area contributed by atoms with Crippen LogP contribution in [0.4, 0.5) is 0 Å². The number of nitrogens with two attached hydrogens (primary N) is 1. The average Bonchev–Trinajstić information content (AvgIpc) is 2.21. The quantitative estimate of drug-likeness (QED) is 0.719. The summed E-state index contributed by atoms with van der Waals surface area (Å²) in [6, 6.07) is 10.2. The molecule has 0 saturated heterocycles. The summed E-state index contributed by atoms with van der Waals surface area (Å²) in [7, 11) is 0. The Morgan fingerprint density at radius 2 is 1.92 bits per heavy atom. The molecule has 1 atom stereocenters. The Bertz CT molecular complexity index is 223. The molecule has 0 aromatic heterocycles. The summed E-state index contributed by atoms with van der Waals surface area (Å²) >= 11 is 0. The van der Waals surface area contributed by atoms with Crippen LogP contribution in [0.1, 0.15) is 24.3 Å². The molecule has 0 radical (unpaired) electrons. The lowest BCUT2D eigenvalue weighted by Gasteiger charge is -2.13. The van der Waals surface area contributed by atoms with Gasteiger partial charge in [0.15, 0.2) is 0 Å². The summed E-state index contributed by atoms with van der Waals surface area (Å²) in [6.45, 7) is 0.910. The number of hydrogen-bond donors (Lipinski definition) is 2. The van der Waals surface area contributed by atoms with E-state index in [1.807, 2.05) is 18.2 Å². The predicted octanol–water partition coefficient (Wildman–Crippen LogP) is 1.50. The first-order valence-electron chi connectivity index (χ1n) is 4.74. The summed E-state index contributed by atoms with van der Waals surface area (Å²) in [4.78, 5) is 0. The fourth-order valence-electron chi connectivity index (χ4n) is 1.48. The fraction of sp³-hybridized carbons (Fsp3) is 0.455. The highest BCUT2D eigenvalue weighted by Crippen LogP contribution is 2.19. The SMILES string of the molecule is NCC(CCCO)c1ccccc1. The van der Waals surface area contributed by atoms with Gasteiger partial charge in [-0.1, -0.05) is 30.3 Å². The van der Waals surface area contributed by atoms with Crippen molar-refractivity contribution in [2.75, 3.05) is 13.2 Å². The van der Waals surface area contributed by atoms with E-state index in [0.29, 0.717) is 12.5 Å². The molecule has 0 spiro atoms. The van der Waals surface area contributed by atoms with E-state index in [1.54, 1.807) is 0 Å². The van der Waals surface area contributed by atoms with Gasteiger partial charge in [0.05, 0.1) is 0 Å². The molecule has 0 aliphatic heterocycles. The van der Waals surface area contributed by atoms with Crippen LogP contribution in [-0.4, -0.2) is 18.3 Å². The Morgan fingerprint density at radius 3 is 2.46 bits per heavy atom. The van der Waals surface area contributed by atoms with E-state index in [2.05, 4.69) is 12.1 Å². The molecular weight excluding hydrogens is 162 g/mol. The molecular formula is C11H17NO. The van der Waals surface area contributed by atoms with Crippen LogP contribution >= 0.6 is 0 Å². The van der Waals surface area contributed by atoms with Crippen LogP contribution in [-0.2, 0) is 0 Å². The van der Waals surface area contributed by atoms with E-state index < -0.39 is 0 Å². The van der Waals surface area contributed by atoms with Crippen LogP contribution < -0.4 is 5.73 Å². The predicted molar refractivity (Wildman–Crippen MR) is 54.6 cm³/mol. The van der Waals surface area contributed by atoms with Crippen molar-refractivity contribution in [1.82, 2.24) is 0 Å². The van der Waals surface area contributed by atoms with Gasteiger partial charge in [-0.3, -0.25) is 0 Å². The second-order valence-electron chi connectivity index (χ2n) is 3.21. The van der Waals surface area contributed by atoms with Crippen molar-refractivity contribution in [3.8, 4) is 0 Å². The second kappa shape index (κ2) is 5.73. The molecule has 0 aliphatic carbocycles. The third-order valence-electron chi connectivity index (χ3n) is 2.27. The molecule has 2 nitrogen and oxygen atoms in total. The minimum absolute atomic E-state index is 0.253. The minimum Gasteiger partial charge on any atom is -0.396 e. The fourth-order valence-corrected chi connectivity index (χ4v) is 1.48. The number of benzene rings is 1. The lowest BCUT2D eigenvalue weighted by molar-refractivity contribution is 0.280. The lowest BCUT2D eigenvalue weighted by Crippen LogP contribution is -2.12. The van der Waals surface area contributed by atoms with E-state index in [0.717, 1.165) is 12.8 Å². The van der Waals surface area contributed by atoms with E-state index in [4.69, 9.17) is 10.8 Å². The monoisotopic (exact) mass is 179 g/mol. The van der Waals surface area contributed by atoms with Crippen LogP contribution in [0.3, 0.4) is 0 Å². The number of rotatable bonds is 5. The molecule has 0 bridgehead atoms. The molecule has 1 aromatic rings. The Hall–Kier alpha value is -0.860. The molecule has 0 heterocycles. The van der Waals surface area contributed by atoms with Gasteiger partial charge in [0.1, 0.15) is 0 Å².